The highest BCUT2D eigenvalue weighted by atomic mass is 79.9. The van der Waals surface area contributed by atoms with Gasteiger partial charge in [0.05, 0.1) is 18.3 Å². The Labute approximate surface area is 102 Å². The molecule has 0 radical (unpaired) electrons. The normalized spacial score (nSPS) is 10.6. The maximum Gasteiger partial charge on any atom is 0.365 e. The van der Waals surface area contributed by atoms with Crippen LogP contribution in [0.2, 0.25) is 0 Å². The van der Waals surface area contributed by atoms with Gasteiger partial charge in [0.1, 0.15) is 0 Å². The minimum atomic E-state index is -0.277. The van der Waals surface area contributed by atoms with Gasteiger partial charge in [-0.1, -0.05) is 46.3 Å². The number of alkyl halides is 1. The second-order valence-corrected chi connectivity index (χ2v) is 4.26. The average molecular weight is 282 g/mol. The van der Waals surface area contributed by atoms with Crippen molar-refractivity contribution in [2.24, 2.45) is 0 Å². The van der Waals surface area contributed by atoms with E-state index >= 15 is 0 Å². The smallest absolute Gasteiger partial charge is 0.336 e. The van der Waals surface area contributed by atoms with E-state index in [9.17, 15) is 4.79 Å². The Morgan fingerprint density at radius 2 is 2.00 bits per heavy atom. The SMILES string of the molecule is O=c1on(CCCBr)cc1-c1ccccc1. The molecule has 2 rings (SSSR count). The Hall–Kier alpha value is -1.29. The number of benzene rings is 1. The maximum absolute atomic E-state index is 11.6. The van der Waals surface area contributed by atoms with E-state index in [4.69, 9.17) is 4.52 Å². The van der Waals surface area contributed by atoms with E-state index in [-0.39, 0.29) is 5.63 Å². The van der Waals surface area contributed by atoms with Gasteiger partial charge >= 0.3 is 5.63 Å². The molecule has 1 aromatic carbocycles. The van der Waals surface area contributed by atoms with Crippen LogP contribution in [-0.4, -0.2) is 10.1 Å². The number of nitrogens with zero attached hydrogens (tertiary/aromatic N) is 1. The molecule has 0 saturated heterocycles. The van der Waals surface area contributed by atoms with E-state index in [1.54, 1.807) is 10.9 Å². The third-order valence-corrected chi connectivity index (χ3v) is 2.85. The molecule has 0 aliphatic carbocycles. The highest BCUT2D eigenvalue weighted by Crippen LogP contribution is 2.14. The molecule has 0 saturated carbocycles. The van der Waals surface area contributed by atoms with Crippen LogP contribution in [-0.2, 0) is 6.54 Å². The predicted octanol–water partition coefficient (Wildman–Crippen LogP) is 2.89. The molecule has 0 atom stereocenters. The summed E-state index contributed by atoms with van der Waals surface area (Å²) in [5.74, 6) is 0. The van der Waals surface area contributed by atoms with E-state index < -0.39 is 0 Å². The van der Waals surface area contributed by atoms with Crippen molar-refractivity contribution in [1.82, 2.24) is 4.74 Å². The zero-order valence-electron chi connectivity index (χ0n) is 8.73. The van der Waals surface area contributed by atoms with Crippen LogP contribution in [0.4, 0.5) is 0 Å². The van der Waals surface area contributed by atoms with Crippen LogP contribution in [0.15, 0.2) is 45.8 Å². The van der Waals surface area contributed by atoms with Crippen LogP contribution in [0.1, 0.15) is 6.42 Å². The van der Waals surface area contributed by atoms with Crippen molar-refractivity contribution >= 4 is 15.9 Å². The number of rotatable bonds is 4. The lowest BCUT2D eigenvalue weighted by Crippen LogP contribution is -1.98. The standard InChI is InChI=1S/C12H12BrNO2/c13-7-4-8-14-9-11(12(15)16-14)10-5-2-1-3-6-10/h1-3,5-6,9H,4,7-8H2. The van der Waals surface area contributed by atoms with Crippen molar-refractivity contribution in [2.75, 3.05) is 5.33 Å². The highest BCUT2D eigenvalue weighted by molar-refractivity contribution is 9.09. The molecule has 0 bridgehead atoms. The van der Waals surface area contributed by atoms with Crippen LogP contribution in [0, 0.1) is 0 Å². The van der Waals surface area contributed by atoms with Crippen LogP contribution in [0.5, 0.6) is 0 Å². The summed E-state index contributed by atoms with van der Waals surface area (Å²) in [4.78, 5) is 11.6. The summed E-state index contributed by atoms with van der Waals surface area (Å²) in [6, 6.07) is 9.55. The van der Waals surface area contributed by atoms with Gasteiger partial charge in [-0.3, -0.25) is 0 Å². The molecule has 0 aliphatic rings. The van der Waals surface area contributed by atoms with Crippen LogP contribution >= 0.6 is 15.9 Å². The summed E-state index contributed by atoms with van der Waals surface area (Å²) in [6.07, 6.45) is 2.70. The number of halogens is 1. The van der Waals surface area contributed by atoms with E-state index in [0.29, 0.717) is 12.1 Å². The zero-order chi connectivity index (χ0) is 11.4. The van der Waals surface area contributed by atoms with Gasteiger partial charge in [0.25, 0.3) is 0 Å². The molecule has 84 valence electrons. The number of hydrogen-bond donors (Lipinski definition) is 0. The van der Waals surface area contributed by atoms with Gasteiger partial charge in [-0.2, -0.15) is 0 Å². The first-order valence-electron chi connectivity index (χ1n) is 5.13. The van der Waals surface area contributed by atoms with E-state index in [1.165, 1.54) is 0 Å². The van der Waals surface area contributed by atoms with Crippen molar-refractivity contribution in [1.29, 1.82) is 0 Å². The van der Waals surface area contributed by atoms with Gasteiger partial charge in [0.2, 0.25) is 0 Å². The van der Waals surface area contributed by atoms with Crippen molar-refractivity contribution in [2.45, 2.75) is 13.0 Å². The molecule has 0 spiro atoms. The summed E-state index contributed by atoms with van der Waals surface area (Å²) in [5.41, 5.74) is 1.24. The number of hydrogen-bond acceptors (Lipinski definition) is 2. The first-order valence-corrected chi connectivity index (χ1v) is 6.25. The Balaban J connectivity index is 2.29. The first-order chi connectivity index (χ1) is 7.81. The summed E-state index contributed by atoms with van der Waals surface area (Å²) < 4.78 is 6.70. The van der Waals surface area contributed by atoms with Crippen LogP contribution < -0.4 is 5.63 Å². The van der Waals surface area contributed by atoms with Crippen molar-refractivity contribution in [3.63, 3.8) is 0 Å². The summed E-state index contributed by atoms with van der Waals surface area (Å²) in [7, 11) is 0. The van der Waals surface area contributed by atoms with Crippen LogP contribution in [0.25, 0.3) is 11.1 Å². The van der Waals surface area contributed by atoms with Gasteiger partial charge in [0.15, 0.2) is 0 Å². The lowest BCUT2D eigenvalue weighted by Gasteiger charge is -1.95. The fraction of sp³-hybridized carbons (Fsp3) is 0.250. The Morgan fingerprint density at radius 3 is 2.69 bits per heavy atom. The third-order valence-electron chi connectivity index (χ3n) is 2.29. The largest absolute Gasteiger partial charge is 0.365 e. The minimum absolute atomic E-state index is 0.277. The lowest BCUT2D eigenvalue weighted by atomic mass is 10.1. The van der Waals surface area contributed by atoms with Crippen molar-refractivity contribution in [3.05, 3.63) is 46.9 Å². The summed E-state index contributed by atoms with van der Waals surface area (Å²) in [5, 5.41) is 0.898. The zero-order valence-corrected chi connectivity index (χ0v) is 10.3. The lowest BCUT2D eigenvalue weighted by molar-refractivity contribution is 0.251. The molecule has 2 aromatic rings. The Bertz CT molecular complexity index is 501. The summed E-state index contributed by atoms with van der Waals surface area (Å²) in [6.45, 7) is 0.716. The molecule has 0 unspecified atom stereocenters. The van der Waals surface area contributed by atoms with Gasteiger partial charge < -0.3 is 4.52 Å². The Morgan fingerprint density at radius 1 is 1.25 bits per heavy atom. The molecular weight excluding hydrogens is 270 g/mol. The van der Waals surface area contributed by atoms with E-state index in [2.05, 4.69) is 15.9 Å². The minimum Gasteiger partial charge on any atom is -0.336 e. The van der Waals surface area contributed by atoms with Gasteiger partial charge in [-0.05, 0) is 12.0 Å². The fourth-order valence-electron chi connectivity index (χ4n) is 1.51. The topological polar surface area (TPSA) is 35.1 Å². The fourth-order valence-corrected chi connectivity index (χ4v) is 1.77. The molecule has 4 heteroatoms. The van der Waals surface area contributed by atoms with Gasteiger partial charge in [-0.15, -0.1) is 0 Å². The predicted molar refractivity (Wildman–Crippen MR) is 66.8 cm³/mol. The molecular formula is C12H12BrNO2. The summed E-state index contributed by atoms with van der Waals surface area (Å²) >= 11 is 3.34. The monoisotopic (exact) mass is 281 g/mol. The first kappa shape index (κ1) is 11.2. The van der Waals surface area contributed by atoms with E-state index in [0.717, 1.165) is 17.3 Å². The molecule has 0 N–H and O–H groups in total. The molecule has 16 heavy (non-hydrogen) atoms. The van der Waals surface area contributed by atoms with E-state index in [1.807, 2.05) is 30.3 Å². The van der Waals surface area contributed by atoms with Crippen molar-refractivity contribution < 1.29 is 4.52 Å². The molecule has 0 amide bonds. The molecule has 0 fully saturated rings. The quantitative estimate of drug-likeness (QED) is 0.808. The third kappa shape index (κ3) is 2.44. The molecule has 1 heterocycles. The highest BCUT2D eigenvalue weighted by Gasteiger charge is 2.08. The average Bonchev–Trinajstić information content (AvgIpc) is 2.69. The second-order valence-electron chi connectivity index (χ2n) is 3.47. The van der Waals surface area contributed by atoms with Crippen molar-refractivity contribution in [3.8, 4) is 11.1 Å². The molecule has 1 aromatic heterocycles. The Kier molecular flexibility index (Phi) is 3.62. The van der Waals surface area contributed by atoms with Gasteiger partial charge in [-0.25, -0.2) is 9.53 Å². The second kappa shape index (κ2) is 5.16. The van der Waals surface area contributed by atoms with Gasteiger partial charge in [0, 0.05) is 5.33 Å². The number of aryl methyl sites for hydroxylation is 1. The molecule has 3 nitrogen and oxygen atoms in total. The number of aromatic nitrogens is 1. The maximum atomic E-state index is 11.6. The molecule has 0 aliphatic heterocycles. The van der Waals surface area contributed by atoms with Crippen LogP contribution in [0.3, 0.4) is 0 Å².